The molecular formula is C26H37N3O2. The molecule has 0 saturated carbocycles. The molecule has 1 aliphatic carbocycles. The summed E-state index contributed by atoms with van der Waals surface area (Å²) >= 11 is 0. The van der Waals surface area contributed by atoms with E-state index in [9.17, 15) is 4.79 Å². The maximum Gasteiger partial charge on any atom is 0.254 e. The summed E-state index contributed by atoms with van der Waals surface area (Å²) in [7, 11) is 1.76. The third-order valence-corrected chi connectivity index (χ3v) is 7.40. The predicted octanol–water partition coefficient (Wildman–Crippen LogP) is 4.10. The van der Waals surface area contributed by atoms with Crippen LogP contribution in [0.4, 0.5) is 0 Å². The molecule has 31 heavy (non-hydrogen) atoms. The Labute approximate surface area is 187 Å². The van der Waals surface area contributed by atoms with Crippen LogP contribution in [0.2, 0.25) is 0 Å². The number of piperazine rings is 1. The van der Waals surface area contributed by atoms with Crippen LogP contribution in [0.1, 0.15) is 61.5 Å². The fourth-order valence-corrected chi connectivity index (χ4v) is 5.05. The number of rotatable bonds is 6. The number of carbonyl (C=O) groups excluding carboxylic acids is 1. The number of carbonyl (C=O) groups is 1. The first kappa shape index (κ1) is 22.1. The molecule has 0 bridgehead atoms. The van der Waals surface area contributed by atoms with Crippen molar-refractivity contribution in [3.05, 3.63) is 58.9 Å². The van der Waals surface area contributed by atoms with Gasteiger partial charge in [0.1, 0.15) is 0 Å². The van der Waals surface area contributed by atoms with Crippen molar-refractivity contribution in [3.8, 4) is 0 Å². The normalized spacial score (nSPS) is 24.1. The summed E-state index contributed by atoms with van der Waals surface area (Å²) in [4.78, 5) is 17.8. The second-order valence-electron chi connectivity index (χ2n) is 10.2. The minimum atomic E-state index is 0.0552. The van der Waals surface area contributed by atoms with Gasteiger partial charge >= 0.3 is 0 Å². The van der Waals surface area contributed by atoms with Gasteiger partial charge in [0.25, 0.3) is 5.91 Å². The zero-order valence-electron chi connectivity index (χ0n) is 19.5. The number of fused-ring (bicyclic) bond motifs is 1. The second kappa shape index (κ2) is 8.79. The summed E-state index contributed by atoms with van der Waals surface area (Å²) in [5, 5.41) is 3.33. The van der Waals surface area contributed by atoms with Crippen LogP contribution >= 0.6 is 0 Å². The molecule has 1 N–H and O–H groups in total. The van der Waals surface area contributed by atoms with Gasteiger partial charge in [-0.05, 0) is 55.4 Å². The van der Waals surface area contributed by atoms with Gasteiger partial charge in [-0.2, -0.15) is 0 Å². The topological polar surface area (TPSA) is 44.8 Å². The van der Waals surface area contributed by atoms with Gasteiger partial charge in [0.05, 0.1) is 12.9 Å². The first-order valence-corrected chi connectivity index (χ1v) is 11.6. The van der Waals surface area contributed by atoms with E-state index in [1.807, 2.05) is 11.0 Å². The van der Waals surface area contributed by atoms with Crippen LogP contribution in [0.5, 0.6) is 0 Å². The average Bonchev–Trinajstić information content (AvgIpc) is 3.24. The maximum absolute atomic E-state index is 13.2. The van der Waals surface area contributed by atoms with Crippen LogP contribution in [-0.4, -0.2) is 54.5 Å². The number of nitrogens with zero attached hydrogens (tertiary/aromatic N) is 2. The van der Waals surface area contributed by atoms with E-state index < -0.39 is 0 Å². The second-order valence-corrected chi connectivity index (χ2v) is 10.2. The van der Waals surface area contributed by atoms with Crippen molar-refractivity contribution in [2.75, 3.05) is 33.3 Å². The van der Waals surface area contributed by atoms with E-state index >= 15 is 0 Å². The van der Waals surface area contributed by atoms with Crippen LogP contribution in [0.25, 0.3) is 0 Å². The number of benzene rings is 1. The minimum Gasteiger partial charge on any atom is -0.501 e. The first-order valence-electron chi connectivity index (χ1n) is 11.6. The molecule has 1 unspecified atom stereocenters. The van der Waals surface area contributed by atoms with Crippen LogP contribution in [0, 0.1) is 5.41 Å². The highest BCUT2D eigenvalue weighted by Crippen LogP contribution is 2.40. The molecule has 1 aromatic rings. The number of ether oxygens (including phenoxy) is 1. The van der Waals surface area contributed by atoms with E-state index in [0.717, 1.165) is 69.9 Å². The van der Waals surface area contributed by atoms with Gasteiger partial charge in [0.15, 0.2) is 0 Å². The Hall–Kier alpha value is -2.11. The lowest BCUT2D eigenvalue weighted by molar-refractivity contribution is 0.0729. The zero-order chi connectivity index (χ0) is 22.1. The van der Waals surface area contributed by atoms with Gasteiger partial charge in [-0.3, -0.25) is 9.69 Å². The Morgan fingerprint density at radius 3 is 2.74 bits per heavy atom. The van der Waals surface area contributed by atoms with E-state index in [2.05, 4.69) is 61.3 Å². The Balaban J connectivity index is 1.44. The molecule has 2 heterocycles. The molecule has 0 spiro atoms. The predicted molar refractivity (Wildman–Crippen MR) is 125 cm³/mol. The highest BCUT2D eigenvalue weighted by atomic mass is 16.5. The van der Waals surface area contributed by atoms with Crippen molar-refractivity contribution in [2.24, 2.45) is 5.41 Å². The summed E-state index contributed by atoms with van der Waals surface area (Å²) < 4.78 is 5.51. The summed E-state index contributed by atoms with van der Waals surface area (Å²) in [5.41, 5.74) is 3.62. The lowest BCUT2D eigenvalue weighted by Gasteiger charge is -2.39. The molecule has 5 heteroatoms. The number of methoxy groups -OCH3 is 1. The average molecular weight is 424 g/mol. The molecule has 168 valence electrons. The van der Waals surface area contributed by atoms with Gasteiger partial charge in [0, 0.05) is 56.8 Å². The van der Waals surface area contributed by atoms with E-state index in [0.29, 0.717) is 0 Å². The molecular weight excluding hydrogens is 386 g/mol. The van der Waals surface area contributed by atoms with E-state index in [-0.39, 0.29) is 16.9 Å². The lowest BCUT2D eigenvalue weighted by Crippen LogP contribution is -2.46. The largest absolute Gasteiger partial charge is 0.501 e. The molecule has 1 aromatic carbocycles. The third-order valence-electron chi connectivity index (χ3n) is 7.40. The number of hydrogen-bond donors (Lipinski definition) is 1. The highest BCUT2D eigenvalue weighted by molar-refractivity contribution is 5.96. The van der Waals surface area contributed by atoms with Crippen molar-refractivity contribution < 1.29 is 9.53 Å². The summed E-state index contributed by atoms with van der Waals surface area (Å²) in [6.45, 7) is 12.1. The lowest BCUT2D eigenvalue weighted by atomic mass is 9.76. The van der Waals surface area contributed by atoms with Crippen LogP contribution in [0.15, 0.2) is 42.2 Å². The standard InChI is InChI=1S/C26H37N3O2/c1-25(2,11-12-26(3)10-6-8-21(17-26)31-4)29-18-20-7-5-9-22(23(20)19-29)24(30)28-15-13-27-14-16-28/h5-10,27H,11-19H2,1-4H3. The molecule has 5 nitrogen and oxygen atoms in total. The van der Waals surface area contributed by atoms with Gasteiger partial charge in [-0.25, -0.2) is 0 Å². The van der Waals surface area contributed by atoms with Crippen LogP contribution in [-0.2, 0) is 17.8 Å². The van der Waals surface area contributed by atoms with E-state index in [4.69, 9.17) is 4.74 Å². The van der Waals surface area contributed by atoms with E-state index in [1.165, 1.54) is 11.1 Å². The quantitative estimate of drug-likeness (QED) is 0.748. The fraction of sp³-hybridized carbons (Fsp3) is 0.577. The number of amides is 1. The number of hydrogen-bond acceptors (Lipinski definition) is 4. The van der Waals surface area contributed by atoms with Gasteiger partial charge in [-0.15, -0.1) is 0 Å². The molecule has 1 saturated heterocycles. The summed E-state index contributed by atoms with van der Waals surface area (Å²) in [5.74, 6) is 1.25. The zero-order valence-corrected chi connectivity index (χ0v) is 19.5. The number of nitrogens with one attached hydrogen (secondary N) is 1. The van der Waals surface area contributed by atoms with Crippen LogP contribution in [0.3, 0.4) is 0 Å². The Kier molecular flexibility index (Phi) is 6.27. The fourth-order valence-electron chi connectivity index (χ4n) is 5.05. The maximum atomic E-state index is 13.2. The van der Waals surface area contributed by atoms with Crippen molar-refractivity contribution in [1.29, 1.82) is 0 Å². The molecule has 0 radical (unpaired) electrons. The Morgan fingerprint density at radius 2 is 2.00 bits per heavy atom. The van der Waals surface area contributed by atoms with E-state index in [1.54, 1.807) is 7.11 Å². The Morgan fingerprint density at radius 1 is 1.23 bits per heavy atom. The summed E-state index contributed by atoms with van der Waals surface area (Å²) in [6, 6.07) is 6.27. The van der Waals surface area contributed by atoms with Crippen molar-refractivity contribution in [3.63, 3.8) is 0 Å². The van der Waals surface area contributed by atoms with Gasteiger partial charge < -0.3 is 15.0 Å². The van der Waals surface area contributed by atoms with Crippen molar-refractivity contribution in [2.45, 2.75) is 58.7 Å². The molecule has 1 amide bonds. The molecule has 1 atom stereocenters. The van der Waals surface area contributed by atoms with Gasteiger partial charge in [-0.1, -0.05) is 31.2 Å². The molecule has 1 fully saturated rings. The van der Waals surface area contributed by atoms with Crippen LogP contribution < -0.4 is 5.32 Å². The highest BCUT2D eigenvalue weighted by Gasteiger charge is 2.36. The molecule has 0 aromatic heterocycles. The smallest absolute Gasteiger partial charge is 0.254 e. The SMILES string of the molecule is COC1=CC=CC(C)(CCC(C)(C)N2Cc3cccc(C(=O)N4CCNCC4)c3C2)C1. The molecule has 2 aliphatic heterocycles. The third kappa shape index (κ3) is 4.73. The Bertz CT molecular complexity index is 883. The number of allylic oxidation sites excluding steroid dienone is 4. The van der Waals surface area contributed by atoms with Crippen molar-refractivity contribution >= 4 is 5.91 Å². The monoisotopic (exact) mass is 423 g/mol. The first-order chi connectivity index (χ1) is 14.8. The molecule has 3 aliphatic rings. The summed E-state index contributed by atoms with van der Waals surface area (Å²) in [6.07, 6.45) is 9.70. The van der Waals surface area contributed by atoms with Crippen molar-refractivity contribution in [1.82, 2.24) is 15.1 Å². The van der Waals surface area contributed by atoms with Gasteiger partial charge in [0.2, 0.25) is 0 Å². The molecule has 4 rings (SSSR count). The minimum absolute atomic E-state index is 0.0552.